The lowest BCUT2D eigenvalue weighted by molar-refractivity contribution is 1.34. The Kier molecular flexibility index (Phi) is 2.79. The minimum Gasteiger partial charge on any atom is -0.359 e. The van der Waals surface area contributed by atoms with E-state index in [0.717, 1.165) is 16.7 Å². The fraction of sp³-hybridized carbons (Fsp3) is 0. The molecule has 0 saturated carbocycles. The van der Waals surface area contributed by atoms with Crippen molar-refractivity contribution >= 4 is 21.8 Å². The highest BCUT2D eigenvalue weighted by molar-refractivity contribution is 6.08. The van der Waals surface area contributed by atoms with Crippen LogP contribution in [-0.4, -0.2) is 15.0 Å². The topological polar surface area (TPSA) is 44.5 Å². The second-order valence-electron chi connectivity index (χ2n) is 5.91. The number of pyridine rings is 1. The molecular formula is C21H15N3. The monoisotopic (exact) mass is 309 g/mol. The minimum atomic E-state index is 1.05. The van der Waals surface area contributed by atoms with E-state index in [9.17, 15) is 0 Å². The Hall–Kier alpha value is -3.33. The normalized spacial score (nSPS) is 11.3. The van der Waals surface area contributed by atoms with E-state index in [1.165, 1.54) is 27.5 Å². The first kappa shape index (κ1) is 13.1. The summed E-state index contributed by atoms with van der Waals surface area (Å²) in [5, 5.41) is 2.41. The minimum absolute atomic E-state index is 1.05. The third-order valence-corrected chi connectivity index (χ3v) is 4.52. The molecule has 0 aliphatic rings. The molecule has 114 valence electrons. The summed E-state index contributed by atoms with van der Waals surface area (Å²) in [6, 6.07) is 21.1. The molecule has 5 aromatic rings. The molecule has 5 rings (SSSR count). The van der Waals surface area contributed by atoms with Gasteiger partial charge in [0.2, 0.25) is 0 Å². The number of hydrogen-bond acceptors (Lipinski definition) is 1. The van der Waals surface area contributed by atoms with E-state index in [1.54, 1.807) is 0 Å². The van der Waals surface area contributed by atoms with E-state index in [1.807, 2.05) is 12.4 Å². The lowest BCUT2D eigenvalue weighted by atomic mass is 9.98. The van der Waals surface area contributed by atoms with Crippen LogP contribution in [0.15, 0.2) is 79.3 Å². The molecule has 0 aliphatic heterocycles. The van der Waals surface area contributed by atoms with Crippen LogP contribution in [-0.2, 0) is 0 Å². The van der Waals surface area contributed by atoms with Crippen LogP contribution in [0.3, 0.4) is 0 Å². The lowest BCUT2D eigenvalue weighted by Crippen LogP contribution is -1.82. The van der Waals surface area contributed by atoms with Crippen LogP contribution in [0.5, 0.6) is 0 Å². The van der Waals surface area contributed by atoms with Crippen LogP contribution in [0.2, 0.25) is 0 Å². The summed E-state index contributed by atoms with van der Waals surface area (Å²) in [4.78, 5) is 11.1. The fourth-order valence-electron chi connectivity index (χ4n) is 3.43. The molecule has 3 nitrogen and oxygen atoms in total. The van der Waals surface area contributed by atoms with Crippen LogP contribution in [0.4, 0.5) is 0 Å². The van der Waals surface area contributed by atoms with E-state index < -0.39 is 0 Å². The average molecular weight is 309 g/mol. The third-order valence-electron chi connectivity index (χ3n) is 4.52. The van der Waals surface area contributed by atoms with Crippen molar-refractivity contribution in [2.75, 3.05) is 0 Å². The maximum absolute atomic E-state index is 4.20. The molecule has 2 aromatic carbocycles. The van der Waals surface area contributed by atoms with Crippen molar-refractivity contribution in [2.24, 2.45) is 0 Å². The van der Waals surface area contributed by atoms with Gasteiger partial charge in [-0.25, -0.2) is 0 Å². The first-order chi connectivity index (χ1) is 11.9. The van der Waals surface area contributed by atoms with Gasteiger partial charge in [0.25, 0.3) is 0 Å². The number of benzene rings is 2. The molecule has 3 heterocycles. The zero-order valence-corrected chi connectivity index (χ0v) is 13.0. The van der Waals surface area contributed by atoms with Gasteiger partial charge in [-0.05, 0) is 17.7 Å². The Morgan fingerprint density at radius 2 is 1.58 bits per heavy atom. The summed E-state index contributed by atoms with van der Waals surface area (Å²) in [6.45, 7) is 0. The molecule has 0 spiro atoms. The summed E-state index contributed by atoms with van der Waals surface area (Å²) in [7, 11) is 0. The number of para-hydroxylation sites is 1. The van der Waals surface area contributed by atoms with E-state index >= 15 is 0 Å². The second-order valence-corrected chi connectivity index (χ2v) is 5.91. The van der Waals surface area contributed by atoms with Crippen molar-refractivity contribution in [1.29, 1.82) is 0 Å². The zero-order chi connectivity index (χ0) is 15.9. The van der Waals surface area contributed by atoms with Gasteiger partial charge in [0.05, 0.1) is 17.4 Å². The van der Waals surface area contributed by atoms with Crippen molar-refractivity contribution in [2.45, 2.75) is 0 Å². The first-order valence-electron chi connectivity index (χ1n) is 7.99. The van der Waals surface area contributed by atoms with Gasteiger partial charge in [-0.3, -0.25) is 4.98 Å². The number of rotatable bonds is 2. The molecule has 0 unspecified atom stereocenters. The van der Waals surface area contributed by atoms with Crippen LogP contribution < -0.4 is 0 Å². The van der Waals surface area contributed by atoms with Gasteiger partial charge in [0, 0.05) is 39.8 Å². The second kappa shape index (κ2) is 5.10. The zero-order valence-electron chi connectivity index (χ0n) is 13.0. The van der Waals surface area contributed by atoms with Gasteiger partial charge in [-0.15, -0.1) is 0 Å². The third kappa shape index (κ3) is 1.88. The maximum Gasteiger partial charge on any atom is 0.0647 e. The molecule has 0 atom stereocenters. The Morgan fingerprint density at radius 3 is 2.50 bits per heavy atom. The molecule has 0 fully saturated rings. The van der Waals surface area contributed by atoms with E-state index in [2.05, 4.69) is 81.8 Å². The Morgan fingerprint density at radius 1 is 0.750 bits per heavy atom. The van der Waals surface area contributed by atoms with E-state index in [4.69, 9.17) is 0 Å². The van der Waals surface area contributed by atoms with Gasteiger partial charge in [0.1, 0.15) is 0 Å². The Labute approximate surface area is 139 Å². The van der Waals surface area contributed by atoms with Crippen LogP contribution in [0.25, 0.3) is 44.2 Å². The summed E-state index contributed by atoms with van der Waals surface area (Å²) in [6.07, 6.45) is 5.76. The van der Waals surface area contributed by atoms with E-state index in [0.29, 0.717) is 0 Å². The predicted molar refractivity (Wildman–Crippen MR) is 98.8 cm³/mol. The van der Waals surface area contributed by atoms with Crippen molar-refractivity contribution in [3.63, 3.8) is 0 Å². The quantitative estimate of drug-likeness (QED) is 0.452. The van der Waals surface area contributed by atoms with Crippen molar-refractivity contribution in [1.82, 2.24) is 15.0 Å². The number of aromatic amines is 2. The number of H-pyrrole nitrogens is 2. The highest BCUT2D eigenvalue weighted by atomic mass is 14.8. The number of hydrogen-bond donors (Lipinski definition) is 2. The van der Waals surface area contributed by atoms with Gasteiger partial charge < -0.3 is 9.97 Å². The smallest absolute Gasteiger partial charge is 0.0647 e. The molecule has 0 bridgehead atoms. The summed E-state index contributed by atoms with van der Waals surface area (Å²) in [5.74, 6) is 0. The van der Waals surface area contributed by atoms with E-state index in [-0.39, 0.29) is 0 Å². The van der Waals surface area contributed by atoms with Crippen LogP contribution in [0.1, 0.15) is 0 Å². The molecule has 3 aromatic heterocycles. The molecule has 24 heavy (non-hydrogen) atoms. The molecule has 0 amide bonds. The lowest BCUT2D eigenvalue weighted by Gasteiger charge is -2.05. The maximum atomic E-state index is 4.20. The van der Waals surface area contributed by atoms with Crippen LogP contribution >= 0.6 is 0 Å². The molecule has 2 N–H and O–H groups in total. The standard InChI is InChI=1S/C21H15N3/c1-2-6-14(7-3-1)20-16-8-4-5-9-18(16)24-21(20)17-12-23-19-13-22-11-10-15(17)19/h1-13,23-24H. The van der Waals surface area contributed by atoms with Gasteiger partial charge >= 0.3 is 0 Å². The molecule has 3 heteroatoms. The molecular weight excluding hydrogens is 294 g/mol. The SMILES string of the molecule is c1ccc(-c2c(-c3c[nH]c4cnccc34)[nH]c3ccccc23)cc1. The molecule has 0 radical (unpaired) electrons. The summed E-state index contributed by atoms with van der Waals surface area (Å²) in [5.41, 5.74) is 6.96. The fourth-order valence-corrected chi connectivity index (χ4v) is 3.43. The van der Waals surface area contributed by atoms with Gasteiger partial charge in [0.15, 0.2) is 0 Å². The predicted octanol–water partition coefficient (Wildman–Crippen LogP) is 5.38. The first-order valence-corrected chi connectivity index (χ1v) is 7.99. The van der Waals surface area contributed by atoms with Crippen molar-refractivity contribution in [3.8, 4) is 22.4 Å². The van der Waals surface area contributed by atoms with Crippen LogP contribution in [0, 0.1) is 0 Å². The van der Waals surface area contributed by atoms with Crippen molar-refractivity contribution < 1.29 is 0 Å². The Bertz CT molecular complexity index is 1150. The Balaban J connectivity index is 1.89. The number of aromatic nitrogens is 3. The number of fused-ring (bicyclic) bond motifs is 2. The highest BCUT2D eigenvalue weighted by Gasteiger charge is 2.17. The average Bonchev–Trinajstić information content (AvgIpc) is 3.23. The molecule has 0 aliphatic carbocycles. The highest BCUT2D eigenvalue weighted by Crippen LogP contribution is 2.40. The van der Waals surface area contributed by atoms with Gasteiger partial charge in [-0.1, -0.05) is 48.5 Å². The number of nitrogens with zero attached hydrogens (tertiary/aromatic N) is 1. The number of nitrogens with one attached hydrogen (secondary N) is 2. The summed E-state index contributed by atoms with van der Waals surface area (Å²) < 4.78 is 0. The largest absolute Gasteiger partial charge is 0.359 e. The van der Waals surface area contributed by atoms with Gasteiger partial charge in [-0.2, -0.15) is 0 Å². The summed E-state index contributed by atoms with van der Waals surface area (Å²) >= 11 is 0. The molecule has 0 saturated heterocycles. The van der Waals surface area contributed by atoms with Crippen molar-refractivity contribution in [3.05, 3.63) is 79.3 Å².